The molecule has 1 heterocycles. The van der Waals surface area contributed by atoms with Gasteiger partial charge in [-0.2, -0.15) is 0 Å². The van der Waals surface area contributed by atoms with Gasteiger partial charge in [0.1, 0.15) is 0 Å². The van der Waals surface area contributed by atoms with Crippen LogP contribution in [0.4, 0.5) is 4.39 Å². The highest BCUT2D eigenvalue weighted by Gasteiger charge is 2.25. The molecule has 0 N–H and O–H groups in total. The molecule has 1 aliphatic heterocycles. The van der Waals surface area contributed by atoms with Gasteiger partial charge in [-0.05, 0) is 0 Å². The average molecular weight is 225 g/mol. The Morgan fingerprint density at radius 1 is 1.62 bits per heavy atom. The van der Waals surface area contributed by atoms with E-state index < -0.39 is 5.82 Å². The van der Waals surface area contributed by atoms with Crippen LogP contribution < -0.4 is 14.2 Å². The molecule has 0 spiro atoms. The van der Waals surface area contributed by atoms with Gasteiger partial charge in [-0.25, -0.2) is 14.2 Å². The topological polar surface area (TPSA) is 57.1 Å². The molecule has 84 valence electrons. The van der Waals surface area contributed by atoms with E-state index in [0.29, 0.717) is 11.3 Å². The summed E-state index contributed by atoms with van der Waals surface area (Å²) < 4.78 is 28.6. The van der Waals surface area contributed by atoms with Crippen LogP contribution in [0.15, 0.2) is 11.1 Å². The third-order valence-electron chi connectivity index (χ3n) is 2.17. The fraction of sp³-hybridized carbons (Fsp3) is 0.300. The first-order chi connectivity index (χ1) is 7.77. The van der Waals surface area contributed by atoms with E-state index in [1.165, 1.54) is 19.3 Å². The van der Waals surface area contributed by atoms with Crippen molar-refractivity contribution in [1.82, 2.24) is 0 Å². The van der Waals surface area contributed by atoms with Crippen LogP contribution in [0, 0.1) is 5.82 Å². The summed E-state index contributed by atoms with van der Waals surface area (Å²) in [6.07, 6.45) is 1.38. The fourth-order valence-corrected chi connectivity index (χ4v) is 1.54. The minimum atomic E-state index is -0.581. The Labute approximate surface area is 90.4 Å². The summed E-state index contributed by atoms with van der Waals surface area (Å²) in [5.41, 5.74) is 0.346. The van der Waals surface area contributed by atoms with Crippen molar-refractivity contribution < 1.29 is 23.4 Å². The van der Waals surface area contributed by atoms with E-state index in [-0.39, 0.29) is 24.8 Å². The average Bonchev–Trinajstić information content (AvgIpc) is 2.72. The number of hydrogen-bond acceptors (Lipinski definition) is 5. The van der Waals surface area contributed by atoms with Crippen molar-refractivity contribution in [2.24, 2.45) is 4.99 Å². The van der Waals surface area contributed by atoms with Crippen molar-refractivity contribution in [3.05, 3.63) is 17.4 Å². The Hall–Kier alpha value is -2.07. The number of ether oxygens (including phenoxy) is 3. The van der Waals surface area contributed by atoms with Crippen LogP contribution >= 0.6 is 0 Å². The number of nitrogens with zero attached hydrogens (tertiary/aromatic N) is 1. The SMILES string of the molecule is COc1c(F)cc2c(c1CN=C=O)OCO2. The van der Waals surface area contributed by atoms with Crippen LogP contribution in [0.3, 0.4) is 0 Å². The van der Waals surface area contributed by atoms with E-state index in [0.717, 1.165) is 0 Å². The molecule has 1 aromatic rings. The number of fused-ring (bicyclic) bond motifs is 1. The molecule has 0 amide bonds. The molecule has 0 atom stereocenters. The summed E-state index contributed by atoms with van der Waals surface area (Å²) in [5.74, 6) is 0.0674. The normalized spacial score (nSPS) is 12.1. The summed E-state index contributed by atoms with van der Waals surface area (Å²) in [7, 11) is 1.33. The van der Waals surface area contributed by atoms with Crippen molar-refractivity contribution in [2.45, 2.75) is 6.54 Å². The van der Waals surface area contributed by atoms with E-state index >= 15 is 0 Å². The van der Waals surface area contributed by atoms with Gasteiger partial charge in [0.05, 0.1) is 19.2 Å². The van der Waals surface area contributed by atoms with Gasteiger partial charge in [0.2, 0.25) is 12.9 Å². The molecule has 0 unspecified atom stereocenters. The zero-order valence-corrected chi connectivity index (χ0v) is 8.45. The lowest BCUT2D eigenvalue weighted by Gasteiger charge is -2.09. The molecule has 0 saturated heterocycles. The van der Waals surface area contributed by atoms with Crippen LogP contribution in [0.5, 0.6) is 17.2 Å². The van der Waals surface area contributed by atoms with Gasteiger partial charge < -0.3 is 14.2 Å². The van der Waals surface area contributed by atoms with Crippen molar-refractivity contribution in [3.63, 3.8) is 0 Å². The number of halogens is 1. The van der Waals surface area contributed by atoms with Crippen LogP contribution in [0.2, 0.25) is 0 Å². The number of hydrogen-bond donors (Lipinski definition) is 0. The van der Waals surface area contributed by atoms with Crippen LogP contribution in [-0.2, 0) is 11.3 Å². The Kier molecular flexibility index (Phi) is 2.74. The molecule has 0 saturated carbocycles. The number of carbonyl (C=O) groups excluding carboxylic acids is 1. The van der Waals surface area contributed by atoms with E-state index in [1.54, 1.807) is 0 Å². The second kappa shape index (κ2) is 4.20. The molecular formula is C10H8FNO4. The van der Waals surface area contributed by atoms with Crippen molar-refractivity contribution >= 4 is 6.08 Å². The van der Waals surface area contributed by atoms with Gasteiger partial charge in [-0.1, -0.05) is 0 Å². The van der Waals surface area contributed by atoms with Gasteiger partial charge >= 0.3 is 0 Å². The second-order valence-electron chi connectivity index (χ2n) is 3.01. The molecule has 1 aliphatic rings. The summed E-state index contributed by atoms with van der Waals surface area (Å²) in [4.78, 5) is 13.4. The molecule has 5 nitrogen and oxygen atoms in total. The first-order valence-electron chi connectivity index (χ1n) is 4.46. The first kappa shape index (κ1) is 10.4. The molecule has 1 aromatic carbocycles. The van der Waals surface area contributed by atoms with Crippen molar-refractivity contribution in [3.8, 4) is 17.2 Å². The van der Waals surface area contributed by atoms with Gasteiger partial charge in [0.15, 0.2) is 23.1 Å². The van der Waals surface area contributed by atoms with Crippen LogP contribution in [-0.4, -0.2) is 20.0 Å². The predicted molar refractivity (Wildman–Crippen MR) is 50.9 cm³/mol. The summed E-state index contributed by atoms with van der Waals surface area (Å²) in [6, 6.07) is 1.18. The van der Waals surface area contributed by atoms with Gasteiger partial charge in [-0.3, -0.25) is 0 Å². The maximum absolute atomic E-state index is 13.5. The Morgan fingerprint density at radius 3 is 3.12 bits per heavy atom. The predicted octanol–water partition coefficient (Wildman–Crippen LogP) is 1.40. The lowest BCUT2D eigenvalue weighted by molar-refractivity contribution is 0.173. The molecule has 0 radical (unpaired) electrons. The quantitative estimate of drug-likeness (QED) is 0.576. The molecule has 0 aliphatic carbocycles. The zero-order valence-electron chi connectivity index (χ0n) is 8.45. The zero-order chi connectivity index (χ0) is 11.5. The number of benzene rings is 1. The molecule has 6 heteroatoms. The highest BCUT2D eigenvalue weighted by atomic mass is 19.1. The van der Waals surface area contributed by atoms with Gasteiger partial charge in [-0.15, -0.1) is 0 Å². The highest BCUT2D eigenvalue weighted by molar-refractivity contribution is 5.56. The fourth-order valence-electron chi connectivity index (χ4n) is 1.54. The monoisotopic (exact) mass is 225 g/mol. The van der Waals surface area contributed by atoms with E-state index in [4.69, 9.17) is 14.2 Å². The molecule has 0 aromatic heterocycles. The minimum Gasteiger partial charge on any atom is -0.493 e. The molecule has 0 bridgehead atoms. The first-order valence-corrected chi connectivity index (χ1v) is 4.46. The summed E-state index contributed by atoms with van der Waals surface area (Å²) in [5, 5.41) is 0. The summed E-state index contributed by atoms with van der Waals surface area (Å²) in [6.45, 7) is -0.0458. The second-order valence-corrected chi connectivity index (χ2v) is 3.01. The van der Waals surface area contributed by atoms with Gasteiger partial charge in [0, 0.05) is 6.07 Å². The standard InChI is InChI=1S/C10H8FNO4/c1-14-9-6(3-12-4-13)10-8(2-7(9)11)15-5-16-10/h2H,3,5H2,1H3. The van der Waals surface area contributed by atoms with Crippen molar-refractivity contribution in [1.29, 1.82) is 0 Å². The van der Waals surface area contributed by atoms with E-state index in [2.05, 4.69) is 4.99 Å². The third kappa shape index (κ3) is 1.59. The lowest BCUT2D eigenvalue weighted by atomic mass is 10.1. The number of isocyanates is 1. The number of methoxy groups -OCH3 is 1. The maximum atomic E-state index is 13.5. The Morgan fingerprint density at radius 2 is 2.44 bits per heavy atom. The summed E-state index contributed by atoms with van der Waals surface area (Å²) >= 11 is 0. The number of aliphatic imine (C=N–C) groups is 1. The van der Waals surface area contributed by atoms with Crippen molar-refractivity contribution in [2.75, 3.05) is 13.9 Å². The highest BCUT2D eigenvalue weighted by Crippen LogP contribution is 2.42. The number of rotatable bonds is 3. The molecule has 16 heavy (non-hydrogen) atoms. The Balaban J connectivity index is 2.56. The Bertz CT molecular complexity index is 465. The minimum absolute atomic E-state index is 0.00301. The largest absolute Gasteiger partial charge is 0.493 e. The lowest BCUT2D eigenvalue weighted by Crippen LogP contribution is -1.97. The smallest absolute Gasteiger partial charge is 0.235 e. The van der Waals surface area contributed by atoms with Crippen LogP contribution in [0.1, 0.15) is 5.56 Å². The van der Waals surface area contributed by atoms with Crippen LogP contribution in [0.25, 0.3) is 0 Å². The van der Waals surface area contributed by atoms with E-state index in [9.17, 15) is 9.18 Å². The molecule has 0 fully saturated rings. The van der Waals surface area contributed by atoms with E-state index in [1.807, 2.05) is 0 Å². The molecular weight excluding hydrogens is 217 g/mol. The van der Waals surface area contributed by atoms with Gasteiger partial charge in [0.25, 0.3) is 0 Å². The molecule has 2 rings (SSSR count). The third-order valence-corrected chi connectivity index (χ3v) is 2.17. The maximum Gasteiger partial charge on any atom is 0.235 e.